The smallest absolute Gasteiger partial charge is 0.462 e. The van der Waals surface area contributed by atoms with E-state index < -0.39 is 18.1 Å². The van der Waals surface area contributed by atoms with Gasteiger partial charge in [0.05, 0.1) is 15.2 Å². The van der Waals surface area contributed by atoms with Crippen molar-refractivity contribution in [3.8, 4) is 5.75 Å². The van der Waals surface area contributed by atoms with Gasteiger partial charge >= 0.3 is 12.4 Å². The Labute approximate surface area is 223 Å². The van der Waals surface area contributed by atoms with E-state index in [4.69, 9.17) is 11.6 Å². The summed E-state index contributed by atoms with van der Waals surface area (Å²) in [5.41, 5.74) is -0.251. The second-order valence-electron chi connectivity index (χ2n) is 9.62. The molecule has 13 heteroatoms. The number of piperazine rings is 1. The van der Waals surface area contributed by atoms with Crippen molar-refractivity contribution in [3.05, 3.63) is 21.6 Å². The van der Waals surface area contributed by atoms with Crippen LogP contribution in [0.1, 0.15) is 33.6 Å². The van der Waals surface area contributed by atoms with E-state index in [-0.39, 0.29) is 20.8 Å². The van der Waals surface area contributed by atoms with Gasteiger partial charge in [-0.05, 0) is 75.7 Å². The zero-order valence-electron chi connectivity index (χ0n) is 20.8. The van der Waals surface area contributed by atoms with Crippen LogP contribution in [0.15, 0.2) is 16.6 Å². The van der Waals surface area contributed by atoms with Crippen molar-refractivity contribution in [1.29, 1.82) is 0 Å². The molecule has 3 rings (SSSR count). The van der Waals surface area contributed by atoms with Crippen molar-refractivity contribution in [2.24, 2.45) is 0 Å². The van der Waals surface area contributed by atoms with Crippen LogP contribution < -0.4 is 10.1 Å². The molecule has 0 radical (unpaired) electrons. The summed E-state index contributed by atoms with van der Waals surface area (Å²) in [5.74, 6) is -0.468. The number of likely N-dealkylation sites (tertiary alicyclic amines) is 1. The van der Waals surface area contributed by atoms with Gasteiger partial charge in [0.25, 0.3) is 6.47 Å². The summed E-state index contributed by atoms with van der Waals surface area (Å²) in [5, 5.41) is 2.71. The van der Waals surface area contributed by atoms with Gasteiger partial charge in [-0.2, -0.15) is 0 Å². The lowest BCUT2D eigenvalue weighted by Crippen LogP contribution is -2.54. The van der Waals surface area contributed by atoms with Crippen LogP contribution in [-0.4, -0.2) is 91.5 Å². The average molecular weight is 602 g/mol. The van der Waals surface area contributed by atoms with Crippen LogP contribution in [0.4, 0.5) is 23.7 Å². The van der Waals surface area contributed by atoms with Gasteiger partial charge in [0.2, 0.25) is 0 Å². The minimum Gasteiger partial charge on any atom is -0.462 e. The standard InChI is InChI=1S/C18H23BrClF3N4O2.C5H10O2/c1-25-4-2-12(3-5-25)26-6-8-27(9-7-26)17(28)24-15-11-16(29-18(21,22)23)13(19)10-14(15)20;1-5(2,3)7-4-6/h10-12H,2-9H2,1H3,(H,24,28);4H,1-3H3. The fourth-order valence-corrected chi connectivity index (χ4v) is 4.58. The van der Waals surface area contributed by atoms with E-state index in [1.54, 1.807) is 4.90 Å². The number of hydrogen-bond acceptors (Lipinski definition) is 6. The Bertz CT molecular complexity index is 885. The molecule has 8 nitrogen and oxygen atoms in total. The Morgan fingerprint density at radius 1 is 1.11 bits per heavy atom. The first-order valence-corrected chi connectivity index (χ1v) is 12.7. The van der Waals surface area contributed by atoms with Crippen molar-refractivity contribution >= 4 is 45.7 Å². The minimum atomic E-state index is -4.85. The summed E-state index contributed by atoms with van der Waals surface area (Å²) in [6, 6.07) is 2.47. The highest BCUT2D eigenvalue weighted by molar-refractivity contribution is 9.10. The molecule has 0 aliphatic carbocycles. The number of carbonyl (C=O) groups is 2. The van der Waals surface area contributed by atoms with E-state index in [0.717, 1.165) is 45.1 Å². The predicted octanol–water partition coefficient (Wildman–Crippen LogP) is 5.20. The number of nitrogens with zero attached hydrogens (tertiary/aromatic N) is 3. The summed E-state index contributed by atoms with van der Waals surface area (Å²) in [4.78, 5) is 28.6. The Morgan fingerprint density at radius 2 is 1.69 bits per heavy atom. The topological polar surface area (TPSA) is 74.4 Å². The molecule has 1 aromatic rings. The zero-order chi connectivity index (χ0) is 27.1. The predicted molar refractivity (Wildman–Crippen MR) is 135 cm³/mol. The summed E-state index contributed by atoms with van der Waals surface area (Å²) >= 11 is 9.06. The Hall–Kier alpha value is -1.76. The first kappa shape index (κ1) is 30.5. The van der Waals surface area contributed by atoms with E-state index in [1.807, 2.05) is 20.8 Å². The largest absolute Gasteiger partial charge is 0.573 e. The van der Waals surface area contributed by atoms with Gasteiger partial charge in [0.1, 0.15) is 11.4 Å². The lowest BCUT2D eigenvalue weighted by molar-refractivity contribution is -0.274. The maximum absolute atomic E-state index is 12.6. The Morgan fingerprint density at radius 3 is 2.17 bits per heavy atom. The third-order valence-corrected chi connectivity index (χ3v) is 6.63. The number of hydrogen-bond donors (Lipinski definition) is 1. The van der Waals surface area contributed by atoms with Gasteiger partial charge in [0.15, 0.2) is 0 Å². The van der Waals surface area contributed by atoms with Gasteiger partial charge in [-0.25, -0.2) is 4.79 Å². The highest BCUT2D eigenvalue weighted by Crippen LogP contribution is 2.37. The molecule has 1 N–H and O–H groups in total. The average Bonchev–Trinajstić information content (AvgIpc) is 2.76. The fraction of sp³-hybridized carbons (Fsp3) is 0.652. The molecule has 36 heavy (non-hydrogen) atoms. The molecular formula is C23H33BrClF3N4O4. The van der Waals surface area contributed by atoms with Gasteiger partial charge in [-0.3, -0.25) is 9.69 Å². The van der Waals surface area contributed by atoms with Crippen molar-refractivity contribution in [2.75, 3.05) is 51.6 Å². The van der Waals surface area contributed by atoms with E-state index in [1.165, 1.54) is 6.07 Å². The summed E-state index contributed by atoms with van der Waals surface area (Å²) in [7, 11) is 2.12. The molecular weight excluding hydrogens is 569 g/mol. The number of amides is 2. The van der Waals surface area contributed by atoms with E-state index >= 15 is 0 Å². The molecule has 0 spiro atoms. The van der Waals surface area contributed by atoms with Gasteiger partial charge in [-0.1, -0.05) is 11.6 Å². The zero-order valence-corrected chi connectivity index (χ0v) is 23.2. The molecule has 0 atom stereocenters. The van der Waals surface area contributed by atoms with Crippen LogP contribution in [0.25, 0.3) is 0 Å². The van der Waals surface area contributed by atoms with Crippen molar-refractivity contribution in [2.45, 2.75) is 51.6 Å². The number of piperidine rings is 1. The van der Waals surface area contributed by atoms with Crippen molar-refractivity contribution < 1.29 is 32.2 Å². The third-order valence-electron chi connectivity index (χ3n) is 5.70. The van der Waals surface area contributed by atoms with Crippen LogP contribution in [-0.2, 0) is 9.53 Å². The number of anilines is 1. The van der Waals surface area contributed by atoms with E-state index in [9.17, 15) is 22.8 Å². The molecule has 2 aliphatic rings. The minimum absolute atomic E-state index is 0.0459. The van der Waals surface area contributed by atoms with E-state index in [0.29, 0.717) is 25.6 Å². The van der Waals surface area contributed by atoms with E-state index in [2.05, 4.69) is 47.6 Å². The van der Waals surface area contributed by atoms with Gasteiger partial charge in [0, 0.05) is 38.3 Å². The number of rotatable bonds is 4. The Balaban J connectivity index is 0.000000572. The van der Waals surface area contributed by atoms with Gasteiger partial charge < -0.3 is 24.6 Å². The highest BCUT2D eigenvalue weighted by Gasteiger charge is 2.33. The van der Waals surface area contributed by atoms with Crippen LogP contribution in [0.2, 0.25) is 5.02 Å². The molecule has 2 heterocycles. The van der Waals surface area contributed by atoms with Crippen molar-refractivity contribution in [1.82, 2.24) is 14.7 Å². The molecule has 0 aromatic heterocycles. The normalized spacial score (nSPS) is 18.2. The number of benzene rings is 1. The SMILES string of the molecule is CC(C)(C)OC=O.CN1CCC(N2CCN(C(=O)Nc3cc(OC(F)(F)F)c(Br)cc3Cl)CC2)CC1. The van der Waals surface area contributed by atoms with Crippen LogP contribution in [0.3, 0.4) is 0 Å². The summed E-state index contributed by atoms with van der Waals surface area (Å²) in [6.07, 6.45) is -2.60. The molecule has 0 saturated carbocycles. The maximum Gasteiger partial charge on any atom is 0.573 e. The second kappa shape index (κ2) is 13.2. The number of ether oxygens (including phenoxy) is 2. The molecule has 0 unspecified atom stereocenters. The lowest BCUT2D eigenvalue weighted by atomic mass is 10.0. The fourth-order valence-electron chi connectivity index (χ4n) is 3.82. The molecule has 0 bridgehead atoms. The Kier molecular flexibility index (Phi) is 11.1. The van der Waals surface area contributed by atoms with Crippen molar-refractivity contribution in [3.63, 3.8) is 0 Å². The highest BCUT2D eigenvalue weighted by atomic mass is 79.9. The molecule has 2 aliphatic heterocycles. The monoisotopic (exact) mass is 600 g/mol. The number of halogens is 5. The summed E-state index contributed by atoms with van der Waals surface area (Å²) < 4.78 is 46.2. The third kappa shape index (κ3) is 10.3. The van der Waals surface area contributed by atoms with Gasteiger partial charge in [-0.15, -0.1) is 13.2 Å². The van der Waals surface area contributed by atoms with Crippen LogP contribution >= 0.6 is 27.5 Å². The summed E-state index contributed by atoms with van der Waals surface area (Å²) in [6.45, 7) is 10.7. The second-order valence-corrected chi connectivity index (χ2v) is 10.9. The number of nitrogens with one attached hydrogen (secondary N) is 1. The van der Waals surface area contributed by atoms with Crippen LogP contribution in [0.5, 0.6) is 5.75 Å². The quantitative estimate of drug-likeness (QED) is 0.478. The molecule has 2 fully saturated rings. The maximum atomic E-state index is 12.6. The first-order chi connectivity index (χ1) is 16.7. The molecule has 2 amide bonds. The molecule has 204 valence electrons. The van der Waals surface area contributed by atoms with Crippen LogP contribution in [0, 0.1) is 0 Å². The lowest BCUT2D eigenvalue weighted by Gasteiger charge is -2.42. The first-order valence-electron chi connectivity index (χ1n) is 11.5. The number of alkyl halides is 3. The number of urea groups is 1. The number of carbonyl (C=O) groups excluding carboxylic acids is 2. The molecule has 1 aromatic carbocycles. The molecule has 2 saturated heterocycles.